The number of rotatable bonds is 8. The second-order valence-corrected chi connectivity index (χ2v) is 8.53. The predicted octanol–water partition coefficient (Wildman–Crippen LogP) is 4.32. The number of carbonyl (C=O) groups is 2. The lowest BCUT2D eigenvalue weighted by atomic mass is 9.93. The molecule has 5 heteroatoms. The monoisotopic (exact) mass is 422 g/mol. The van der Waals surface area contributed by atoms with E-state index in [1.165, 1.54) is 0 Å². The van der Waals surface area contributed by atoms with E-state index in [9.17, 15) is 9.59 Å². The lowest BCUT2D eigenvalue weighted by molar-refractivity contribution is -0.134. The molecular weight excluding hydrogens is 388 g/mol. The van der Waals surface area contributed by atoms with Gasteiger partial charge in [-0.1, -0.05) is 49.4 Å². The van der Waals surface area contributed by atoms with Crippen molar-refractivity contribution >= 4 is 11.8 Å². The molecule has 5 nitrogen and oxygen atoms in total. The number of carbonyl (C=O) groups excluding carboxylic acids is 2. The molecule has 1 fully saturated rings. The largest absolute Gasteiger partial charge is 0.491 e. The standard InChI is InChI=1S/C26H34N2O3/c1-4-24(21-10-6-5-7-11-21)26(30)28-15-13-22(14-16-28)27-25(29)18-20-9-8-12-23(17-20)31-19(2)3/h5-12,17,19,22,24H,4,13-16,18H2,1-3H3,(H,27,29). The van der Waals surface area contributed by atoms with Gasteiger partial charge in [-0.3, -0.25) is 9.59 Å². The van der Waals surface area contributed by atoms with Crippen molar-refractivity contribution in [3.8, 4) is 5.75 Å². The van der Waals surface area contributed by atoms with Gasteiger partial charge in [-0.15, -0.1) is 0 Å². The summed E-state index contributed by atoms with van der Waals surface area (Å²) < 4.78 is 5.71. The lowest BCUT2D eigenvalue weighted by Gasteiger charge is -2.34. The number of nitrogens with one attached hydrogen (secondary N) is 1. The van der Waals surface area contributed by atoms with Crippen LogP contribution >= 0.6 is 0 Å². The molecule has 2 amide bonds. The Morgan fingerprint density at radius 1 is 1.06 bits per heavy atom. The van der Waals surface area contributed by atoms with Gasteiger partial charge in [-0.05, 0) is 56.4 Å². The number of piperidine rings is 1. The first-order valence-corrected chi connectivity index (χ1v) is 11.3. The minimum Gasteiger partial charge on any atom is -0.491 e. The van der Waals surface area contributed by atoms with Crippen LogP contribution in [-0.4, -0.2) is 41.9 Å². The van der Waals surface area contributed by atoms with E-state index in [0.29, 0.717) is 19.5 Å². The highest BCUT2D eigenvalue weighted by Crippen LogP contribution is 2.24. The zero-order chi connectivity index (χ0) is 22.2. The van der Waals surface area contributed by atoms with Crippen LogP contribution in [0.4, 0.5) is 0 Å². The van der Waals surface area contributed by atoms with Gasteiger partial charge in [0.2, 0.25) is 11.8 Å². The van der Waals surface area contributed by atoms with Crippen LogP contribution in [-0.2, 0) is 16.0 Å². The number of amides is 2. The number of hydrogen-bond donors (Lipinski definition) is 1. The van der Waals surface area contributed by atoms with Crippen LogP contribution in [0.2, 0.25) is 0 Å². The Labute approximate surface area is 185 Å². The summed E-state index contributed by atoms with van der Waals surface area (Å²) in [5, 5.41) is 3.14. The lowest BCUT2D eigenvalue weighted by Crippen LogP contribution is -2.48. The van der Waals surface area contributed by atoms with Gasteiger partial charge in [0.25, 0.3) is 0 Å². The summed E-state index contributed by atoms with van der Waals surface area (Å²) in [4.78, 5) is 27.5. The molecule has 1 unspecified atom stereocenters. The van der Waals surface area contributed by atoms with E-state index >= 15 is 0 Å². The van der Waals surface area contributed by atoms with Crippen LogP contribution in [0.25, 0.3) is 0 Å². The third-order valence-electron chi connectivity index (χ3n) is 5.71. The Hall–Kier alpha value is -2.82. The number of hydrogen-bond acceptors (Lipinski definition) is 3. The summed E-state index contributed by atoms with van der Waals surface area (Å²) in [6.07, 6.45) is 2.81. The Kier molecular flexibility index (Phi) is 8.10. The molecule has 0 spiro atoms. The van der Waals surface area contributed by atoms with Crippen LogP contribution in [0.1, 0.15) is 57.1 Å². The van der Waals surface area contributed by atoms with Crippen molar-refractivity contribution in [1.29, 1.82) is 0 Å². The van der Waals surface area contributed by atoms with Gasteiger partial charge in [0.05, 0.1) is 18.4 Å². The molecule has 166 valence electrons. The van der Waals surface area contributed by atoms with E-state index in [2.05, 4.69) is 12.2 Å². The van der Waals surface area contributed by atoms with Gasteiger partial charge in [-0.2, -0.15) is 0 Å². The van der Waals surface area contributed by atoms with Crippen molar-refractivity contribution in [2.75, 3.05) is 13.1 Å². The molecule has 2 aromatic carbocycles. The van der Waals surface area contributed by atoms with Gasteiger partial charge >= 0.3 is 0 Å². The van der Waals surface area contributed by atoms with Crippen LogP contribution in [0.3, 0.4) is 0 Å². The average Bonchev–Trinajstić information content (AvgIpc) is 2.75. The topological polar surface area (TPSA) is 58.6 Å². The second-order valence-electron chi connectivity index (χ2n) is 8.53. The van der Waals surface area contributed by atoms with Gasteiger partial charge in [0.1, 0.15) is 5.75 Å². The molecule has 1 N–H and O–H groups in total. The first-order valence-electron chi connectivity index (χ1n) is 11.3. The summed E-state index contributed by atoms with van der Waals surface area (Å²) in [6.45, 7) is 7.40. The molecule has 0 aromatic heterocycles. The number of benzene rings is 2. The van der Waals surface area contributed by atoms with Crippen LogP contribution in [0.15, 0.2) is 54.6 Å². The molecule has 31 heavy (non-hydrogen) atoms. The zero-order valence-corrected chi connectivity index (χ0v) is 18.8. The van der Waals surface area contributed by atoms with Gasteiger partial charge in [0, 0.05) is 19.1 Å². The molecule has 1 aliphatic heterocycles. The fourth-order valence-electron chi connectivity index (χ4n) is 4.17. The molecule has 1 heterocycles. The minimum atomic E-state index is -0.0901. The van der Waals surface area contributed by atoms with Crippen molar-refractivity contribution in [2.45, 2.75) is 64.5 Å². The fourth-order valence-corrected chi connectivity index (χ4v) is 4.17. The highest BCUT2D eigenvalue weighted by molar-refractivity contribution is 5.84. The quantitative estimate of drug-likeness (QED) is 0.689. The van der Waals surface area contributed by atoms with E-state index in [1.54, 1.807) is 0 Å². The first-order chi connectivity index (χ1) is 15.0. The maximum absolute atomic E-state index is 13.0. The summed E-state index contributed by atoms with van der Waals surface area (Å²) >= 11 is 0. The van der Waals surface area contributed by atoms with E-state index in [0.717, 1.165) is 36.1 Å². The Balaban J connectivity index is 1.48. The third-order valence-corrected chi connectivity index (χ3v) is 5.71. The maximum atomic E-state index is 13.0. The minimum absolute atomic E-state index is 0.0159. The molecule has 2 aromatic rings. The average molecular weight is 423 g/mol. The molecule has 0 aliphatic carbocycles. The zero-order valence-electron chi connectivity index (χ0n) is 18.8. The molecule has 0 bridgehead atoms. The summed E-state index contributed by atoms with van der Waals surface area (Å²) in [6, 6.07) is 17.8. The van der Waals surface area contributed by atoms with Crippen LogP contribution in [0, 0.1) is 0 Å². The van der Waals surface area contributed by atoms with E-state index in [1.807, 2.05) is 73.3 Å². The summed E-state index contributed by atoms with van der Waals surface area (Å²) in [5.74, 6) is 0.909. The maximum Gasteiger partial charge on any atom is 0.230 e. The Bertz CT molecular complexity index is 858. The van der Waals surface area contributed by atoms with E-state index in [4.69, 9.17) is 4.74 Å². The van der Waals surface area contributed by atoms with Crippen molar-refractivity contribution < 1.29 is 14.3 Å². The summed E-state index contributed by atoms with van der Waals surface area (Å²) in [7, 11) is 0. The smallest absolute Gasteiger partial charge is 0.230 e. The summed E-state index contributed by atoms with van der Waals surface area (Å²) in [5.41, 5.74) is 2.02. The SMILES string of the molecule is CCC(C(=O)N1CCC(NC(=O)Cc2cccc(OC(C)C)c2)CC1)c1ccccc1. The fraction of sp³-hybridized carbons (Fsp3) is 0.462. The molecule has 0 saturated carbocycles. The Morgan fingerprint density at radius 2 is 1.77 bits per heavy atom. The van der Waals surface area contributed by atoms with Gasteiger partial charge < -0.3 is 15.0 Å². The number of ether oxygens (including phenoxy) is 1. The first kappa shape index (κ1) is 22.9. The third kappa shape index (κ3) is 6.58. The van der Waals surface area contributed by atoms with Crippen molar-refractivity contribution in [2.24, 2.45) is 0 Å². The highest BCUT2D eigenvalue weighted by Gasteiger charge is 2.28. The second kappa shape index (κ2) is 11.0. The Morgan fingerprint density at radius 3 is 2.42 bits per heavy atom. The number of likely N-dealkylation sites (tertiary alicyclic amines) is 1. The van der Waals surface area contributed by atoms with E-state index in [-0.39, 0.29) is 29.9 Å². The molecule has 1 saturated heterocycles. The normalized spacial score (nSPS) is 15.5. The van der Waals surface area contributed by atoms with Crippen LogP contribution < -0.4 is 10.1 Å². The molecule has 1 aliphatic rings. The van der Waals surface area contributed by atoms with Crippen molar-refractivity contribution in [1.82, 2.24) is 10.2 Å². The van der Waals surface area contributed by atoms with Gasteiger partial charge in [-0.25, -0.2) is 0 Å². The van der Waals surface area contributed by atoms with Crippen molar-refractivity contribution in [3.05, 3.63) is 65.7 Å². The highest BCUT2D eigenvalue weighted by atomic mass is 16.5. The van der Waals surface area contributed by atoms with Gasteiger partial charge in [0.15, 0.2) is 0 Å². The molecule has 3 rings (SSSR count). The van der Waals surface area contributed by atoms with Crippen molar-refractivity contribution in [3.63, 3.8) is 0 Å². The van der Waals surface area contributed by atoms with Crippen LogP contribution in [0.5, 0.6) is 5.75 Å². The number of nitrogens with zero attached hydrogens (tertiary/aromatic N) is 1. The molecular formula is C26H34N2O3. The molecule has 0 radical (unpaired) electrons. The predicted molar refractivity (Wildman–Crippen MR) is 123 cm³/mol. The molecule has 1 atom stereocenters. The van der Waals surface area contributed by atoms with E-state index < -0.39 is 0 Å².